The van der Waals surface area contributed by atoms with E-state index in [9.17, 15) is 14.7 Å². The minimum Gasteiger partial charge on any atom is -0.465 e. The zero-order valence-electron chi connectivity index (χ0n) is 21.9. The molecule has 0 aliphatic carbocycles. The highest BCUT2D eigenvalue weighted by Crippen LogP contribution is 2.43. The quantitative estimate of drug-likeness (QED) is 0.251. The minimum atomic E-state index is -0.712. The molecule has 13 heteroatoms. The van der Waals surface area contributed by atoms with E-state index in [2.05, 4.69) is 33.1 Å². The van der Waals surface area contributed by atoms with E-state index in [1.807, 2.05) is 30.3 Å². The molecule has 0 spiro atoms. The van der Waals surface area contributed by atoms with Gasteiger partial charge in [0, 0.05) is 30.0 Å². The van der Waals surface area contributed by atoms with Gasteiger partial charge in [0.05, 0.1) is 25.4 Å². The highest BCUT2D eigenvalue weighted by atomic mass is 32.2. The second kappa shape index (κ2) is 13.5. The number of aliphatic hydroxyl groups excluding tert-OH is 1. The van der Waals surface area contributed by atoms with Crippen LogP contribution in [0.5, 0.6) is 0 Å². The number of anilines is 1. The Kier molecular flexibility index (Phi) is 9.87. The van der Waals surface area contributed by atoms with Gasteiger partial charge in [-0.1, -0.05) is 55.1 Å². The van der Waals surface area contributed by atoms with E-state index < -0.39 is 18.3 Å². The van der Waals surface area contributed by atoms with Gasteiger partial charge in [0.1, 0.15) is 6.54 Å². The van der Waals surface area contributed by atoms with Crippen molar-refractivity contribution >= 4 is 29.4 Å². The standard InChI is InChI=1S/C26H32N6O6S/c1-4-36-22(34)13-27-25(35)28-20-7-5-6-19(12-20)24-37-21(15-39-26-29-30-31-32(26)3)16(2)23(38-24)18-10-8-17(14-33)9-11-18/h5-12,16,21,23-24,33H,4,13-15H2,1-3H3,(H2,27,28,35)/t16-,21+,23+,24+/m0/s1. The maximum Gasteiger partial charge on any atom is 0.325 e. The van der Waals surface area contributed by atoms with Gasteiger partial charge in [0.15, 0.2) is 6.29 Å². The van der Waals surface area contributed by atoms with Gasteiger partial charge in [-0.15, -0.1) is 5.10 Å². The van der Waals surface area contributed by atoms with E-state index in [0.29, 0.717) is 16.6 Å². The Balaban J connectivity index is 1.51. The Labute approximate surface area is 230 Å². The van der Waals surface area contributed by atoms with Gasteiger partial charge < -0.3 is 30.0 Å². The van der Waals surface area contributed by atoms with E-state index in [0.717, 1.165) is 16.7 Å². The minimum absolute atomic E-state index is 0.00937. The summed E-state index contributed by atoms with van der Waals surface area (Å²) >= 11 is 1.50. The molecule has 0 bridgehead atoms. The SMILES string of the molecule is CCOC(=O)CNC(=O)Nc1cccc([C@@H]2O[C@H](CSc3nnnn3C)[C@H](C)[C@H](c3ccc(CO)cc3)O2)c1. The predicted molar refractivity (Wildman–Crippen MR) is 143 cm³/mol. The van der Waals surface area contributed by atoms with Crippen molar-refractivity contribution in [1.29, 1.82) is 0 Å². The second-order valence-electron chi connectivity index (χ2n) is 8.96. The molecule has 4 rings (SSSR count). The first-order valence-electron chi connectivity index (χ1n) is 12.5. The van der Waals surface area contributed by atoms with Crippen LogP contribution in [0.1, 0.15) is 42.9 Å². The molecule has 0 unspecified atom stereocenters. The number of urea groups is 1. The number of benzene rings is 2. The number of carbonyl (C=O) groups excluding carboxylic acids is 2. The molecule has 1 aliphatic rings. The highest BCUT2D eigenvalue weighted by molar-refractivity contribution is 7.99. The molecule has 3 aromatic rings. The number of nitrogens with one attached hydrogen (secondary N) is 2. The molecule has 1 aliphatic heterocycles. The number of amides is 2. The summed E-state index contributed by atoms with van der Waals surface area (Å²) in [6, 6.07) is 14.3. The number of aryl methyl sites for hydroxylation is 1. The van der Waals surface area contributed by atoms with Crippen molar-refractivity contribution in [3.8, 4) is 0 Å². The number of nitrogens with zero attached hydrogens (tertiary/aromatic N) is 4. The first-order valence-corrected chi connectivity index (χ1v) is 13.5. The molecular weight excluding hydrogens is 524 g/mol. The summed E-state index contributed by atoms with van der Waals surface area (Å²) < 4.78 is 19.3. The topological polar surface area (TPSA) is 150 Å². The van der Waals surface area contributed by atoms with E-state index in [1.54, 1.807) is 36.9 Å². The number of aliphatic hydroxyl groups is 1. The zero-order valence-corrected chi connectivity index (χ0v) is 22.8. The molecule has 1 aromatic heterocycles. The smallest absolute Gasteiger partial charge is 0.325 e. The molecule has 208 valence electrons. The largest absolute Gasteiger partial charge is 0.465 e. The van der Waals surface area contributed by atoms with Crippen LogP contribution in [0.4, 0.5) is 10.5 Å². The molecular formula is C26H32N6O6S. The van der Waals surface area contributed by atoms with E-state index in [4.69, 9.17) is 14.2 Å². The summed E-state index contributed by atoms with van der Waals surface area (Å²) in [6.07, 6.45) is -1.21. The lowest BCUT2D eigenvalue weighted by Crippen LogP contribution is -2.38. The molecule has 2 aromatic carbocycles. The summed E-state index contributed by atoms with van der Waals surface area (Å²) in [7, 11) is 1.78. The molecule has 2 heterocycles. The van der Waals surface area contributed by atoms with Crippen LogP contribution in [-0.4, -0.2) is 62.3 Å². The van der Waals surface area contributed by atoms with Crippen molar-refractivity contribution in [2.75, 3.05) is 24.2 Å². The summed E-state index contributed by atoms with van der Waals surface area (Å²) in [5.41, 5.74) is 3.02. The van der Waals surface area contributed by atoms with Crippen molar-refractivity contribution in [3.63, 3.8) is 0 Å². The molecule has 4 atom stereocenters. The van der Waals surface area contributed by atoms with E-state index in [-0.39, 0.29) is 37.9 Å². The van der Waals surface area contributed by atoms with Crippen molar-refractivity contribution < 1.29 is 28.9 Å². The van der Waals surface area contributed by atoms with Crippen LogP contribution < -0.4 is 10.6 Å². The third kappa shape index (κ3) is 7.53. The summed E-state index contributed by atoms with van der Waals surface area (Å²) in [5, 5.41) is 27.0. The van der Waals surface area contributed by atoms with Crippen molar-refractivity contribution in [2.45, 2.75) is 44.1 Å². The van der Waals surface area contributed by atoms with Crippen LogP contribution in [0.15, 0.2) is 53.7 Å². The number of carbonyl (C=O) groups is 2. The summed E-state index contributed by atoms with van der Waals surface area (Å²) in [6.45, 7) is 3.75. The molecule has 12 nitrogen and oxygen atoms in total. The number of thioether (sulfide) groups is 1. The number of ether oxygens (including phenoxy) is 3. The molecule has 2 amide bonds. The number of esters is 1. The normalized spacial score (nSPS) is 20.8. The van der Waals surface area contributed by atoms with Crippen LogP contribution in [0.3, 0.4) is 0 Å². The Morgan fingerprint density at radius 3 is 2.64 bits per heavy atom. The first-order chi connectivity index (χ1) is 18.9. The van der Waals surface area contributed by atoms with Crippen LogP contribution in [-0.2, 0) is 32.7 Å². The Bertz CT molecular complexity index is 1260. The number of hydrogen-bond donors (Lipinski definition) is 3. The van der Waals surface area contributed by atoms with E-state index in [1.165, 1.54) is 11.8 Å². The van der Waals surface area contributed by atoms with Crippen molar-refractivity contribution in [3.05, 3.63) is 65.2 Å². The molecule has 3 N–H and O–H groups in total. The number of rotatable bonds is 10. The Hall–Kier alpha value is -3.52. The first kappa shape index (κ1) is 28.5. The lowest BCUT2D eigenvalue weighted by atomic mass is 9.91. The fourth-order valence-corrected chi connectivity index (χ4v) is 5.13. The zero-order chi connectivity index (χ0) is 27.8. The third-order valence-corrected chi connectivity index (χ3v) is 7.30. The second-order valence-corrected chi connectivity index (χ2v) is 9.94. The lowest BCUT2D eigenvalue weighted by molar-refractivity contribution is -0.268. The average molecular weight is 557 g/mol. The Morgan fingerprint density at radius 1 is 1.15 bits per heavy atom. The van der Waals surface area contributed by atoms with Gasteiger partial charge in [-0.05, 0) is 40.6 Å². The molecule has 39 heavy (non-hydrogen) atoms. The van der Waals surface area contributed by atoms with Crippen LogP contribution >= 0.6 is 11.8 Å². The van der Waals surface area contributed by atoms with Crippen LogP contribution in [0.2, 0.25) is 0 Å². The fourth-order valence-electron chi connectivity index (χ4n) is 4.11. The van der Waals surface area contributed by atoms with Crippen molar-refractivity contribution in [2.24, 2.45) is 13.0 Å². The lowest BCUT2D eigenvalue weighted by Gasteiger charge is -2.41. The predicted octanol–water partition coefficient (Wildman–Crippen LogP) is 2.97. The monoisotopic (exact) mass is 556 g/mol. The number of aromatic nitrogens is 4. The van der Waals surface area contributed by atoms with Crippen LogP contribution in [0.25, 0.3) is 0 Å². The molecule has 1 fully saturated rings. The van der Waals surface area contributed by atoms with Crippen LogP contribution in [0, 0.1) is 5.92 Å². The van der Waals surface area contributed by atoms with Crippen molar-refractivity contribution in [1.82, 2.24) is 25.5 Å². The maximum atomic E-state index is 12.3. The summed E-state index contributed by atoms with van der Waals surface area (Å²) in [4.78, 5) is 23.8. The maximum absolute atomic E-state index is 12.3. The van der Waals surface area contributed by atoms with Gasteiger partial charge in [0.2, 0.25) is 5.16 Å². The van der Waals surface area contributed by atoms with Gasteiger partial charge in [-0.25, -0.2) is 9.48 Å². The molecule has 0 saturated carbocycles. The molecule has 0 radical (unpaired) electrons. The van der Waals surface area contributed by atoms with Gasteiger partial charge in [-0.3, -0.25) is 4.79 Å². The number of tetrazole rings is 1. The van der Waals surface area contributed by atoms with Gasteiger partial charge >= 0.3 is 12.0 Å². The fraction of sp³-hybridized carbons (Fsp3) is 0.423. The Morgan fingerprint density at radius 2 is 1.95 bits per heavy atom. The third-order valence-electron chi connectivity index (χ3n) is 6.20. The van der Waals surface area contributed by atoms with Gasteiger partial charge in [0.25, 0.3) is 0 Å². The molecule has 1 saturated heterocycles. The average Bonchev–Trinajstić information content (AvgIpc) is 3.36. The van der Waals surface area contributed by atoms with Gasteiger partial charge in [-0.2, -0.15) is 0 Å². The summed E-state index contributed by atoms with van der Waals surface area (Å²) in [5.74, 6) is 0.0674. The van der Waals surface area contributed by atoms with E-state index >= 15 is 0 Å². The number of hydrogen-bond acceptors (Lipinski definition) is 10. The highest BCUT2D eigenvalue weighted by Gasteiger charge is 2.38.